The molecule has 0 fully saturated rings. The molecule has 0 saturated carbocycles. The minimum absolute atomic E-state index is 0.139. The van der Waals surface area contributed by atoms with Crippen LogP contribution in [0.25, 0.3) is 6.08 Å². The van der Waals surface area contributed by atoms with Gasteiger partial charge in [0.1, 0.15) is 18.1 Å². The number of aryl methyl sites for hydroxylation is 1. The first kappa shape index (κ1) is 17.0. The number of hydrogen-bond acceptors (Lipinski definition) is 6. The Hall–Kier alpha value is -2.86. The number of hydrogen-bond donors (Lipinski definition) is 0. The molecule has 0 unspecified atom stereocenters. The van der Waals surface area contributed by atoms with Crippen LogP contribution in [0, 0.1) is 6.92 Å². The Morgan fingerprint density at radius 3 is 2.96 bits per heavy atom. The summed E-state index contributed by atoms with van der Waals surface area (Å²) in [5, 5.41) is 1.93. The van der Waals surface area contributed by atoms with Crippen LogP contribution in [0.3, 0.4) is 0 Å². The van der Waals surface area contributed by atoms with Gasteiger partial charge in [-0.15, -0.1) is 11.3 Å². The van der Waals surface area contributed by atoms with Crippen LogP contribution in [-0.2, 0) is 9.53 Å². The van der Waals surface area contributed by atoms with Crippen molar-refractivity contribution in [3.05, 3.63) is 64.1 Å². The summed E-state index contributed by atoms with van der Waals surface area (Å²) in [7, 11) is 0. The minimum Gasteiger partial charge on any atom is -0.482 e. The quantitative estimate of drug-likeness (QED) is 0.448. The molecule has 2 heterocycles. The number of rotatable bonds is 6. The van der Waals surface area contributed by atoms with E-state index in [1.54, 1.807) is 25.1 Å². The van der Waals surface area contributed by atoms with E-state index in [9.17, 15) is 9.59 Å². The normalized spacial score (nSPS) is 14.1. The van der Waals surface area contributed by atoms with E-state index in [2.05, 4.69) is 6.58 Å². The van der Waals surface area contributed by atoms with E-state index in [4.69, 9.17) is 14.2 Å². The van der Waals surface area contributed by atoms with Crippen molar-refractivity contribution in [2.45, 2.75) is 6.92 Å². The third-order valence-electron chi connectivity index (χ3n) is 3.48. The van der Waals surface area contributed by atoms with Crippen molar-refractivity contribution in [1.82, 2.24) is 0 Å². The maximum atomic E-state index is 12.5. The Balaban J connectivity index is 1.76. The standard InChI is InChI=1S/C19H16O5S/c1-3-6-22-17(20)11-23-13-8-12(2)18-15(9-13)24-16(19(18)21)10-14-5-4-7-25-14/h3-5,7-10H,1,6,11H2,2H3/b16-10-. The second-order valence-electron chi connectivity index (χ2n) is 5.33. The lowest BCUT2D eigenvalue weighted by Crippen LogP contribution is -2.14. The summed E-state index contributed by atoms with van der Waals surface area (Å²) in [6.07, 6.45) is 3.21. The summed E-state index contributed by atoms with van der Waals surface area (Å²) in [6, 6.07) is 7.13. The lowest BCUT2D eigenvalue weighted by Gasteiger charge is -2.08. The molecule has 5 nitrogen and oxygen atoms in total. The van der Waals surface area contributed by atoms with Gasteiger partial charge in [-0.05, 0) is 30.0 Å². The second kappa shape index (κ2) is 7.36. The molecule has 0 saturated heterocycles. The van der Waals surface area contributed by atoms with Crippen LogP contribution in [-0.4, -0.2) is 25.0 Å². The van der Waals surface area contributed by atoms with Gasteiger partial charge in [-0.25, -0.2) is 4.79 Å². The molecule has 1 aliphatic rings. The fourth-order valence-corrected chi connectivity index (χ4v) is 3.05. The zero-order chi connectivity index (χ0) is 17.8. The highest BCUT2D eigenvalue weighted by Gasteiger charge is 2.30. The monoisotopic (exact) mass is 356 g/mol. The third kappa shape index (κ3) is 3.80. The van der Waals surface area contributed by atoms with Crippen molar-refractivity contribution in [3.8, 4) is 11.5 Å². The maximum absolute atomic E-state index is 12.5. The Morgan fingerprint density at radius 1 is 1.40 bits per heavy atom. The summed E-state index contributed by atoms with van der Waals surface area (Å²) in [4.78, 5) is 25.0. The molecule has 0 bridgehead atoms. The first-order valence-corrected chi connectivity index (χ1v) is 8.48. The summed E-state index contributed by atoms with van der Waals surface area (Å²) in [6.45, 7) is 5.19. The van der Waals surface area contributed by atoms with Gasteiger partial charge in [-0.2, -0.15) is 0 Å². The van der Waals surface area contributed by atoms with Crippen molar-refractivity contribution < 1.29 is 23.8 Å². The van der Waals surface area contributed by atoms with Crippen molar-refractivity contribution in [2.75, 3.05) is 13.2 Å². The molecule has 0 spiro atoms. The van der Waals surface area contributed by atoms with Gasteiger partial charge in [-0.3, -0.25) is 4.79 Å². The number of fused-ring (bicyclic) bond motifs is 1. The smallest absolute Gasteiger partial charge is 0.344 e. The molecule has 3 rings (SSSR count). The van der Waals surface area contributed by atoms with Crippen LogP contribution in [0.1, 0.15) is 20.8 Å². The van der Waals surface area contributed by atoms with E-state index in [0.29, 0.717) is 17.1 Å². The molecular weight excluding hydrogens is 340 g/mol. The SMILES string of the molecule is C=CCOC(=O)COc1cc(C)c2c(c1)O/C(=C\c1cccs1)C2=O. The Bertz CT molecular complexity index is 849. The number of esters is 1. The van der Waals surface area contributed by atoms with Gasteiger partial charge >= 0.3 is 5.97 Å². The zero-order valence-corrected chi connectivity index (χ0v) is 14.4. The molecule has 1 aliphatic heterocycles. The van der Waals surface area contributed by atoms with Gasteiger partial charge in [0.2, 0.25) is 5.78 Å². The molecule has 0 amide bonds. The molecule has 1 aromatic carbocycles. The van der Waals surface area contributed by atoms with Crippen LogP contribution < -0.4 is 9.47 Å². The average molecular weight is 356 g/mol. The predicted octanol–water partition coefficient (Wildman–Crippen LogP) is 3.78. The van der Waals surface area contributed by atoms with Gasteiger partial charge in [0.15, 0.2) is 12.4 Å². The Labute approximate surface area is 149 Å². The van der Waals surface area contributed by atoms with Gasteiger partial charge in [0, 0.05) is 17.0 Å². The number of carbonyl (C=O) groups excluding carboxylic acids is 2. The summed E-state index contributed by atoms with van der Waals surface area (Å²) < 4.78 is 16.0. The number of Topliss-reactive ketones (excluding diaryl/α,β-unsaturated/α-hetero) is 1. The molecule has 1 aromatic heterocycles. The van der Waals surface area contributed by atoms with Crippen LogP contribution in [0.15, 0.2) is 48.1 Å². The van der Waals surface area contributed by atoms with Crippen molar-refractivity contribution >= 4 is 29.2 Å². The average Bonchev–Trinajstić information content (AvgIpc) is 3.20. The molecule has 0 atom stereocenters. The molecule has 2 aromatic rings. The number of thiophene rings is 1. The van der Waals surface area contributed by atoms with Crippen molar-refractivity contribution in [1.29, 1.82) is 0 Å². The first-order valence-electron chi connectivity index (χ1n) is 7.60. The summed E-state index contributed by atoms with van der Waals surface area (Å²) in [5.74, 6) is 0.508. The van der Waals surface area contributed by atoms with Crippen LogP contribution >= 0.6 is 11.3 Å². The fraction of sp³-hybridized carbons (Fsp3) is 0.158. The highest BCUT2D eigenvalue weighted by atomic mass is 32.1. The van der Waals surface area contributed by atoms with Crippen molar-refractivity contribution in [3.63, 3.8) is 0 Å². The Morgan fingerprint density at radius 2 is 2.24 bits per heavy atom. The Kier molecular flexibility index (Phi) is 5.00. The van der Waals surface area contributed by atoms with E-state index in [-0.39, 0.29) is 24.8 Å². The van der Waals surface area contributed by atoms with Crippen LogP contribution in [0.4, 0.5) is 0 Å². The summed E-state index contributed by atoms with van der Waals surface area (Å²) >= 11 is 1.52. The number of ether oxygens (including phenoxy) is 3. The van der Waals surface area contributed by atoms with E-state index in [1.807, 2.05) is 17.5 Å². The maximum Gasteiger partial charge on any atom is 0.344 e. The summed E-state index contributed by atoms with van der Waals surface area (Å²) in [5.41, 5.74) is 1.25. The molecule has 0 radical (unpaired) electrons. The number of allylic oxidation sites excluding steroid dienone is 1. The number of benzene rings is 1. The van der Waals surface area contributed by atoms with Gasteiger partial charge in [0.25, 0.3) is 0 Å². The fourth-order valence-electron chi connectivity index (χ4n) is 2.40. The van der Waals surface area contributed by atoms with Gasteiger partial charge in [-0.1, -0.05) is 18.7 Å². The van der Waals surface area contributed by atoms with Crippen LogP contribution in [0.5, 0.6) is 11.5 Å². The lowest BCUT2D eigenvalue weighted by atomic mass is 10.0. The van der Waals surface area contributed by atoms with E-state index >= 15 is 0 Å². The molecule has 128 valence electrons. The first-order chi connectivity index (χ1) is 12.1. The van der Waals surface area contributed by atoms with Crippen molar-refractivity contribution in [2.24, 2.45) is 0 Å². The van der Waals surface area contributed by atoms with Crippen LogP contribution in [0.2, 0.25) is 0 Å². The second-order valence-corrected chi connectivity index (χ2v) is 6.31. The number of ketones is 1. The largest absolute Gasteiger partial charge is 0.482 e. The number of carbonyl (C=O) groups is 2. The highest BCUT2D eigenvalue weighted by molar-refractivity contribution is 7.10. The molecule has 0 aliphatic carbocycles. The topological polar surface area (TPSA) is 61.8 Å². The molecule has 6 heteroatoms. The van der Waals surface area contributed by atoms with Gasteiger partial charge < -0.3 is 14.2 Å². The van der Waals surface area contributed by atoms with E-state index in [1.165, 1.54) is 17.4 Å². The third-order valence-corrected chi connectivity index (χ3v) is 4.30. The van der Waals surface area contributed by atoms with E-state index < -0.39 is 5.97 Å². The highest BCUT2D eigenvalue weighted by Crippen LogP contribution is 2.37. The molecule has 0 N–H and O–H groups in total. The van der Waals surface area contributed by atoms with E-state index in [0.717, 1.165) is 10.4 Å². The predicted molar refractivity (Wildman–Crippen MR) is 95.1 cm³/mol. The molecule has 25 heavy (non-hydrogen) atoms. The zero-order valence-electron chi connectivity index (χ0n) is 13.6. The molecular formula is C19H16O5S. The van der Waals surface area contributed by atoms with Gasteiger partial charge in [0.05, 0.1) is 5.56 Å². The lowest BCUT2D eigenvalue weighted by molar-refractivity contribution is -0.144. The minimum atomic E-state index is -0.492.